The first-order chi connectivity index (χ1) is 10.0. The molecule has 1 amide bonds. The first kappa shape index (κ1) is 15.5. The van der Waals surface area contributed by atoms with Gasteiger partial charge in [-0.2, -0.15) is 0 Å². The standard InChI is InChI=1S/C16H22N2O3/c1-11(8-16(20)21)13-2-4-14(5-3-13)18-15(19)9-12-6-7-17-10-12/h2-5,11-12,17H,6-10H2,1H3,(H,18,19)(H,20,21). The Kier molecular flexibility index (Phi) is 5.33. The second-order valence-electron chi connectivity index (χ2n) is 5.73. The molecule has 2 rings (SSSR count). The molecule has 5 nitrogen and oxygen atoms in total. The van der Waals surface area contributed by atoms with E-state index < -0.39 is 5.97 Å². The van der Waals surface area contributed by atoms with Crippen molar-refractivity contribution < 1.29 is 14.7 Å². The fourth-order valence-corrected chi connectivity index (χ4v) is 2.64. The first-order valence-corrected chi connectivity index (χ1v) is 7.37. The first-order valence-electron chi connectivity index (χ1n) is 7.37. The molecule has 1 aliphatic heterocycles. The molecule has 2 atom stereocenters. The van der Waals surface area contributed by atoms with Gasteiger partial charge < -0.3 is 15.7 Å². The molecule has 0 spiro atoms. The zero-order valence-corrected chi connectivity index (χ0v) is 12.3. The Balaban J connectivity index is 1.86. The van der Waals surface area contributed by atoms with Crippen LogP contribution in [0.1, 0.15) is 37.7 Å². The number of benzene rings is 1. The van der Waals surface area contributed by atoms with E-state index in [1.54, 1.807) is 0 Å². The number of carbonyl (C=O) groups excluding carboxylic acids is 1. The number of nitrogens with one attached hydrogen (secondary N) is 2. The maximum atomic E-state index is 11.9. The number of carbonyl (C=O) groups is 2. The van der Waals surface area contributed by atoms with Gasteiger partial charge in [-0.1, -0.05) is 19.1 Å². The molecule has 1 saturated heterocycles. The minimum atomic E-state index is -0.801. The number of hydrogen-bond acceptors (Lipinski definition) is 3. The summed E-state index contributed by atoms with van der Waals surface area (Å²) in [7, 11) is 0. The Morgan fingerprint density at radius 2 is 2.10 bits per heavy atom. The number of anilines is 1. The van der Waals surface area contributed by atoms with E-state index in [0.717, 1.165) is 30.8 Å². The Morgan fingerprint density at radius 1 is 1.38 bits per heavy atom. The summed E-state index contributed by atoms with van der Waals surface area (Å²) >= 11 is 0. The summed E-state index contributed by atoms with van der Waals surface area (Å²) in [5, 5.41) is 14.9. The Bertz CT molecular complexity index is 493. The van der Waals surface area contributed by atoms with Crippen molar-refractivity contribution in [1.29, 1.82) is 0 Å². The molecule has 5 heteroatoms. The van der Waals surface area contributed by atoms with E-state index in [4.69, 9.17) is 5.11 Å². The minimum absolute atomic E-state index is 0.0307. The molecule has 21 heavy (non-hydrogen) atoms. The van der Waals surface area contributed by atoms with Gasteiger partial charge in [-0.15, -0.1) is 0 Å². The zero-order chi connectivity index (χ0) is 15.2. The molecule has 2 unspecified atom stereocenters. The SMILES string of the molecule is CC(CC(=O)O)c1ccc(NC(=O)CC2CCNC2)cc1. The molecule has 1 aromatic carbocycles. The lowest BCUT2D eigenvalue weighted by molar-refractivity contribution is -0.137. The van der Waals surface area contributed by atoms with Crippen LogP contribution in [-0.2, 0) is 9.59 Å². The second kappa shape index (κ2) is 7.22. The highest BCUT2D eigenvalue weighted by molar-refractivity contribution is 5.90. The molecule has 0 bridgehead atoms. The highest BCUT2D eigenvalue weighted by Crippen LogP contribution is 2.21. The van der Waals surface area contributed by atoms with Crippen LogP contribution in [0.15, 0.2) is 24.3 Å². The van der Waals surface area contributed by atoms with E-state index in [9.17, 15) is 9.59 Å². The van der Waals surface area contributed by atoms with Crippen molar-refractivity contribution in [3.63, 3.8) is 0 Å². The Labute approximate surface area is 124 Å². The highest BCUT2D eigenvalue weighted by atomic mass is 16.4. The molecule has 0 aromatic heterocycles. The average Bonchev–Trinajstić information content (AvgIpc) is 2.91. The normalized spacial score (nSPS) is 19.2. The molecule has 1 aliphatic rings. The summed E-state index contributed by atoms with van der Waals surface area (Å²) in [6.45, 7) is 3.79. The monoisotopic (exact) mass is 290 g/mol. The fraction of sp³-hybridized carbons (Fsp3) is 0.500. The number of carboxylic acids is 1. The average molecular weight is 290 g/mol. The summed E-state index contributed by atoms with van der Waals surface area (Å²) in [6, 6.07) is 7.41. The molecule has 0 saturated carbocycles. The third-order valence-corrected chi connectivity index (χ3v) is 3.88. The predicted octanol–water partition coefficient (Wildman–Crippen LogP) is 2.20. The van der Waals surface area contributed by atoms with Crippen LogP contribution in [0.25, 0.3) is 0 Å². The van der Waals surface area contributed by atoms with Crippen molar-refractivity contribution in [1.82, 2.24) is 5.32 Å². The number of rotatable bonds is 6. The predicted molar refractivity (Wildman–Crippen MR) is 81.3 cm³/mol. The van der Waals surface area contributed by atoms with Crippen LogP contribution in [0.4, 0.5) is 5.69 Å². The minimum Gasteiger partial charge on any atom is -0.481 e. The molecule has 114 valence electrons. The van der Waals surface area contributed by atoms with Gasteiger partial charge in [0.2, 0.25) is 5.91 Å². The molecule has 0 aliphatic carbocycles. The summed E-state index contributed by atoms with van der Waals surface area (Å²) in [4.78, 5) is 22.6. The van der Waals surface area contributed by atoms with Crippen molar-refractivity contribution in [2.75, 3.05) is 18.4 Å². The van der Waals surface area contributed by atoms with Gasteiger partial charge in [0.05, 0.1) is 6.42 Å². The van der Waals surface area contributed by atoms with Crippen LogP contribution in [0.5, 0.6) is 0 Å². The number of aliphatic carboxylic acids is 1. The Hall–Kier alpha value is -1.88. The molecule has 1 aromatic rings. The van der Waals surface area contributed by atoms with Crippen LogP contribution in [0.2, 0.25) is 0 Å². The smallest absolute Gasteiger partial charge is 0.303 e. The van der Waals surface area contributed by atoms with Crippen molar-refractivity contribution in [3.8, 4) is 0 Å². The number of hydrogen-bond donors (Lipinski definition) is 3. The summed E-state index contributed by atoms with van der Waals surface area (Å²) in [5.74, 6) is -0.364. The van der Waals surface area contributed by atoms with E-state index in [2.05, 4.69) is 10.6 Å². The van der Waals surface area contributed by atoms with Crippen molar-refractivity contribution in [2.24, 2.45) is 5.92 Å². The molecular formula is C16H22N2O3. The number of carboxylic acid groups (broad SMARTS) is 1. The maximum Gasteiger partial charge on any atom is 0.303 e. The van der Waals surface area contributed by atoms with Crippen LogP contribution in [0.3, 0.4) is 0 Å². The summed E-state index contributed by atoms with van der Waals surface area (Å²) < 4.78 is 0. The van der Waals surface area contributed by atoms with E-state index in [1.165, 1.54) is 0 Å². The van der Waals surface area contributed by atoms with Gasteiger partial charge in [0.15, 0.2) is 0 Å². The van der Waals surface area contributed by atoms with Crippen molar-refractivity contribution >= 4 is 17.6 Å². The second-order valence-corrected chi connectivity index (χ2v) is 5.73. The van der Waals surface area contributed by atoms with Crippen LogP contribution >= 0.6 is 0 Å². The quantitative estimate of drug-likeness (QED) is 0.750. The van der Waals surface area contributed by atoms with E-state index in [1.807, 2.05) is 31.2 Å². The largest absolute Gasteiger partial charge is 0.481 e. The van der Waals surface area contributed by atoms with Gasteiger partial charge in [-0.05, 0) is 49.0 Å². The molecule has 3 N–H and O–H groups in total. The summed E-state index contributed by atoms with van der Waals surface area (Å²) in [6.07, 6.45) is 1.71. The van der Waals surface area contributed by atoms with Gasteiger partial charge in [0.25, 0.3) is 0 Å². The summed E-state index contributed by atoms with van der Waals surface area (Å²) in [5.41, 5.74) is 1.73. The van der Waals surface area contributed by atoms with Crippen LogP contribution in [-0.4, -0.2) is 30.1 Å². The highest BCUT2D eigenvalue weighted by Gasteiger charge is 2.18. The lowest BCUT2D eigenvalue weighted by atomic mass is 9.98. The van der Waals surface area contributed by atoms with E-state index in [0.29, 0.717) is 12.3 Å². The molecular weight excluding hydrogens is 268 g/mol. The molecule has 1 heterocycles. The topological polar surface area (TPSA) is 78.4 Å². The van der Waals surface area contributed by atoms with Gasteiger partial charge >= 0.3 is 5.97 Å². The van der Waals surface area contributed by atoms with Crippen molar-refractivity contribution in [2.45, 2.75) is 32.1 Å². The van der Waals surface area contributed by atoms with E-state index >= 15 is 0 Å². The Morgan fingerprint density at radius 3 is 2.67 bits per heavy atom. The van der Waals surface area contributed by atoms with Gasteiger partial charge in [0.1, 0.15) is 0 Å². The van der Waals surface area contributed by atoms with Crippen molar-refractivity contribution in [3.05, 3.63) is 29.8 Å². The fourth-order valence-electron chi connectivity index (χ4n) is 2.64. The van der Waals surface area contributed by atoms with Crippen LogP contribution < -0.4 is 10.6 Å². The van der Waals surface area contributed by atoms with E-state index in [-0.39, 0.29) is 18.2 Å². The third-order valence-electron chi connectivity index (χ3n) is 3.88. The molecule has 1 fully saturated rings. The zero-order valence-electron chi connectivity index (χ0n) is 12.3. The number of amides is 1. The van der Waals surface area contributed by atoms with Crippen LogP contribution in [0, 0.1) is 5.92 Å². The van der Waals surface area contributed by atoms with Gasteiger partial charge in [0, 0.05) is 12.1 Å². The van der Waals surface area contributed by atoms with Gasteiger partial charge in [-0.25, -0.2) is 0 Å². The molecule has 0 radical (unpaired) electrons. The third kappa shape index (κ3) is 4.86. The van der Waals surface area contributed by atoms with Gasteiger partial charge in [-0.3, -0.25) is 9.59 Å². The maximum absolute atomic E-state index is 11.9. The lowest BCUT2D eigenvalue weighted by Crippen LogP contribution is -2.18. The lowest BCUT2D eigenvalue weighted by Gasteiger charge is -2.12.